The minimum absolute atomic E-state index is 0.204. The lowest BCUT2D eigenvalue weighted by molar-refractivity contribution is -0.135. The largest absolute Gasteiger partial charge is 0.425 e. The van der Waals surface area contributed by atoms with Gasteiger partial charge in [-0.3, -0.25) is 9.59 Å². The standard InChI is InChI=1S/C42H42O4/c1-5-7-9-19-37(43)45-41-31-17-13-11-15-29(31)39(35-25-27(3)21-23-33(35)41)40-30-16-12-14-18-32(30)42(46-38(44)20-10-8-6-2)34-24-22-28(4)26-36(34)40/h11-18,21-26H,5-10,19-20H2,1-4H3. The maximum absolute atomic E-state index is 13.1. The smallest absolute Gasteiger partial charge is 0.311 e. The summed E-state index contributed by atoms with van der Waals surface area (Å²) in [5.74, 6) is 0.811. The maximum atomic E-state index is 13.1. The van der Waals surface area contributed by atoms with Crippen molar-refractivity contribution in [3.8, 4) is 22.6 Å². The van der Waals surface area contributed by atoms with Gasteiger partial charge in [-0.1, -0.05) is 136 Å². The van der Waals surface area contributed by atoms with E-state index in [1.165, 1.54) is 0 Å². The van der Waals surface area contributed by atoms with Gasteiger partial charge in [0, 0.05) is 34.4 Å². The number of hydrogen-bond acceptors (Lipinski definition) is 4. The quantitative estimate of drug-likeness (QED) is 0.0634. The predicted octanol–water partition coefficient (Wildman–Crippen LogP) is 11.6. The van der Waals surface area contributed by atoms with Crippen LogP contribution >= 0.6 is 0 Å². The van der Waals surface area contributed by atoms with E-state index in [4.69, 9.17) is 9.47 Å². The highest BCUT2D eigenvalue weighted by Crippen LogP contribution is 2.50. The molecule has 0 unspecified atom stereocenters. The van der Waals surface area contributed by atoms with Gasteiger partial charge in [-0.25, -0.2) is 0 Å². The molecule has 0 aliphatic carbocycles. The molecule has 0 saturated carbocycles. The molecule has 4 nitrogen and oxygen atoms in total. The Morgan fingerprint density at radius 2 is 0.848 bits per heavy atom. The lowest BCUT2D eigenvalue weighted by atomic mass is 9.84. The molecule has 0 heterocycles. The summed E-state index contributed by atoms with van der Waals surface area (Å²) in [6.07, 6.45) is 6.51. The summed E-state index contributed by atoms with van der Waals surface area (Å²) in [7, 11) is 0. The van der Waals surface area contributed by atoms with Crippen molar-refractivity contribution in [3.05, 3.63) is 96.1 Å². The van der Waals surface area contributed by atoms with Crippen LogP contribution in [-0.4, -0.2) is 11.9 Å². The Hall–Kier alpha value is -4.70. The van der Waals surface area contributed by atoms with E-state index >= 15 is 0 Å². The molecule has 46 heavy (non-hydrogen) atoms. The first-order valence-electron chi connectivity index (χ1n) is 16.7. The van der Waals surface area contributed by atoms with Gasteiger partial charge in [-0.2, -0.15) is 0 Å². The zero-order valence-corrected chi connectivity index (χ0v) is 27.4. The van der Waals surface area contributed by atoms with Crippen LogP contribution in [0.5, 0.6) is 11.5 Å². The number of unbranched alkanes of at least 4 members (excludes halogenated alkanes) is 4. The average Bonchev–Trinajstić information content (AvgIpc) is 3.05. The van der Waals surface area contributed by atoms with Crippen LogP contribution < -0.4 is 9.47 Å². The number of esters is 2. The molecule has 0 atom stereocenters. The second-order valence-electron chi connectivity index (χ2n) is 12.5. The molecule has 0 bridgehead atoms. The van der Waals surface area contributed by atoms with Crippen molar-refractivity contribution in [2.75, 3.05) is 0 Å². The van der Waals surface area contributed by atoms with E-state index in [1.807, 2.05) is 24.3 Å². The highest BCUT2D eigenvalue weighted by atomic mass is 16.5. The number of benzene rings is 6. The van der Waals surface area contributed by atoms with Gasteiger partial charge in [-0.15, -0.1) is 0 Å². The molecule has 0 amide bonds. The molecule has 0 aliphatic rings. The highest BCUT2D eigenvalue weighted by Gasteiger charge is 2.24. The van der Waals surface area contributed by atoms with Crippen LogP contribution in [0.25, 0.3) is 54.2 Å². The van der Waals surface area contributed by atoms with Gasteiger partial charge in [0.2, 0.25) is 0 Å². The summed E-state index contributed by atoms with van der Waals surface area (Å²) in [5, 5.41) is 7.66. The molecule has 6 aromatic rings. The van der Waals surface area contributed by atoms with Crippen LogP contribution in [0.3, 0.4) is 0 Å². The van der Waals surface area contributed by atoms with Crippen molar-refractivity contribution in [1.29, 1.82) is 0 Å². The lowest BCUT2D eigenvalue weighted by Gasteiger charge is -2.22. The van der Waals surface area contributed by atoms with Gasteiger partial charge in [-0.05, 0) is 59.4 Å². The van der Waals surface area contributed by atoms with Crippen molar-refractivity contribution >= 4 is 55.0 Å². The van der Waals surface area contributed by atoms with E-state index < -0.39 is 0 Å². The molecule has 0 spiro atoms. The van der Waals surface area contributed by atoms with E-state index in [2.05, 4.69) is 88.4 Å². The third-order valence-corrected chi connectivity index (χ3v) is 8.91. The third-order valence-electron chi connectivity index (χ3n) is 8.91. The number of fused-ring (bicyclic) bond motifs is 4. The number of carbonyl (C=O) groups is 2. The Kier molecular flexibility index (Phi) is 9.35. The predicted molar refractivity (Wildman–Crippen MR) is 191 cm³/mol. The molecule has 234 valence electrons. The van der Waals surface area contributed by atoms with Crippen molar-refractivity contribution in [3.63, 3.8) is 0 Å². The first-order valence-corrected chi connectivity index (χ1v) is 16.7. The van der Waals surface area contributed by atoms with Crippen LogP contribution in [0.1, 0.15) is 76.3 Å². The molecule has 0 fully saturated rings. The molecule has 0 aromatic heterocycles. The zero-order chi connectivity index (χ0) is 32.2. The first kappa shape index (κ1) is 31.3. The fourth-order valence-corrected chi connectivity index (χ4v) is 6.63. The highest BCUT2D eigenvalue weighted by molar-refractivity contribution is 6.27. The van der Waals surface area contributed by atoms with Gasteiger partial charge in [0.1, 0.15) is 11.5 Å². The summed E-state index contributed by atoms with van der Waals surface area (Å²) in [6.45, 7) is 8.45. The molecule has 6 aromatic carbocycles. The average molecular weight is 611 g/mol. The van der Waals surface area contributed by atoms with E-state index in [1.54, 1.807) is 0 Å². The lowest BCUT2D eigenvalue weighted by Crippen LogP contribution is -2.09. The van der Waals surface area contributed by atoms with Crippen molar-refractivity contribution in [2.24, 2.45) is 0 Å². The van der Waals surface area contributed by atoms with Crippen LogP contribution in [0.4, 0.5) is 0 Å². The topological polar surface area (TPSA) is 52.6 Å². The minimum Gasteiger partial charge on any atom is -0.425 e. The van der Waals surface area contributed by atoms with Gasteiger partial charge in [0.25, 0.3) is 0 Å². The number of carbonyl (C=O) groups excluding carboxylic acids is 2. The van der Waals surface area contributed by atoms with E-state index in [9.17, 15) is 9.59 Å². The Labute approximate surface area is 271 Å². The summed E-state index contributed by atoms with van der Waals surface area (Å²) >= 11 is 0. The molecule has 0 aliphatic heterocycles. The SMILES string of the molecule is CCCCCC(=O)Oc1c2ccccc2c(-c2c3ccccc3c(OC(=O)CCCCC)c3ccc(C)cc23)c2cc(C)ccc12. The van der Waals surface area contributed by atoms with Crippen LogP contribution in [0.2, 0.25) is 0 Å². The van der Waals surface area contributed by atoms with E-state index in [0.29, 0.717) is 24.3 Å². The number of hydrogen-bond donors (Lipinski definition) is 0. The van der Waals surface area contributed by atoms with Crippen LogP contribution in [0, 0.1) is 13.8 Å². The Bertz CT molecular complexity index is 1940. The molecular weight excluding hydrogens is 568 g/mol. The monoisotopic (exact) mass is 610 g/mol. The molecule has 0 radical (unpaired) electrons. The molecular formula is C42H42O4. The summed E-state index contributed by atoms with van der Waals surface area (Å²) in [4.78, 5) is 26.3. The number of ether oxygens (including phenoxy) is 2. The van der Waals surface area contributed by atoms with Crippen molar-refractivity contribution in [2.45, 2.75) is 79.1 Å². The van der Waals surface area contributed by atoms with Gasteiger partial charge in [0.05, 0.1) is 0 Å². The summed E-state index contributed by atoms with van der Waals surface area (Å²) in [6, 6.07) is 29.2. The minimum atomic E-state index is -0.204. The molecule has 0 saturated heterocycles. The van der Waals surface area contributed by atoms with Gasteiger partial charge >= 0.3 is 11.9 Å². The summed E-state index contributed by atoms with van der Waals surface area (Å²) in [5.41, 5.74) is 4.39. The van der Waals surface area contributed by atoms with E-state index in [-0.39, 0.29) is 11.9 Å². The third kappa shape index (κ3) is 6.09. The maximum Gasteiger partial charge on any atom is 0.311 e. The van der Waals surface area contributed by atoms with E-state index in [0.717, 1.165) is 104 Å². The van der Waals surface area contributed by atoms with Crippen molar-refractivity contribution in [1.82, 2.24) is 0 Å². The fraction of sp³-hybridized carbons (Fsp3) is 0.286. The Morgan fingerprint density at radius 3 is 1.24 bits per heavy atom. The molecule has 0 N–H and O–H groups in total. The second kappa shape index (κ2) is 13.7. The molecule has 4 heteroatoms. The zero-order valence-electron chi connectivity index (χ0n) is 27.4. The molecule has 6 rings (SSSR count). The second-order valence-corrected chi connectivity index (χ2v) is 12.5. The normalized spacial score (nSPS) is 11.5. The number of aryl methyl sites for hydroxylation is 2. The Morgan fingerprint density at radius 1 is 0.478 bits per heavy atom. The summed E-state index contributed by atoms with van der Waals surface area (Å²) < 4.78 is 12.4. The van der Waals surface area contributed by atoms with Crippen molar-refractivity contribution < 1.29 is 19.1 Å². The Balaban J connectivity index is 1.67. The van der Waals surface area contributed by atoms with Crippen LogP contribution in [-0.2, 0) is 9.59 Å². The number of rotatable bonds is 11. The van der Waals surface area contributed by atoms with Crippen LogP contribution in [0.15, 0.2) is 84.9 Å². The van der Waals surface area contributed by atoms with Gasteiger partial charge in [0.15, 0.2) is 0 Å². The fourth-order valence-electron chi connectivity index (χ4n) is 6.63. The first-order chi connectivity index (χ1) is 22.4. The van der Waals surface area contributed by atoms with Gasteiger partial charge < -0.3 is 9.47 Å².